The first-order valence-electron chi connectivity index (χ1n) is 8.25. The largest absolute Gasteiger partial charge is 0.384 e. The van der Waals surface area contributed by atoms with Crippen LogP contribution < -0.4 is 5.32 Å². The lowest BCUT2D eigenvalue weighted by Crippen LogP contribution is -2.38. The lowest BCUT2D eigenvalue weighted by Gasteiger charge is -2.28. The summed E-state index contributed by atoms with van der Waals surface area (Å²) in [6.45, 7) is 8.20. The molecule has 3 nitrogen and oxygen atoms in total. The number of hydrogen-bond donors (Lipinski definition) is 1. The minimum atomic E-state index is 0.291. The Bertz CT molecular complexity index is 470. The molecule has 3 heteroatoms. The van der Waals surface area contributed by atoms with Gasteiger partial charge in [-0.3, -0.25) is 4.79 Å². The number of carbonyl (C=O) groups is 1. The molecule has 1 aliphatic heterocycles. The van der Waals surface area contributed by atoms with Crippen LogP contribution in [0.25, 0.3) is 0 Å². The van der Waals surface area contributed by atoms with Gasteiger partial charge in [-0.05, 0) is 31.9 Å². The molecule has 1 aliphatic rings. The molecule has 1 amide bonds. The highest BCUT2D eigenvalue weighted by atomic mass is 16.2. The molecular formula is C18H28N2O. The number of nitrogens with one attached hydrogen (secondary N) is 1. The molecule has 1 N–H and O–H groups in total. The summed E-state index contributed by atoms with van der Waals surface area (Å²) in [5.74, 6) is 0.616. The van der Waals surface area contributed by atoms with Crippen molar-refractivity contribution < 1.29 is 4.79 Å². The van der Waals surface area contributed by atoms with E-state index in [2.05, 4.69) is 49.2 Å². The summed E-state index contributed by atoms with van der Waals surface area (Å²) in [6, 6.07) is 8.64. The first-order valence-corrected chi connectivity index (χ1v) is 8.25. The maximum absolute atomic E-state index is 12.6. The highest BCUT2D eigenvalue weighted by molar-refractivity contribution is 5.78. The normalized spacial score (nSPS) is 16.7. The first-order chi connectivity index (χ1) is 10.1. The van der Waals surface area contributed by atoms with Gasteiger partial charge in [-0.25, -0.2) is 0 Å². The van der Waals surface area contributed by atoms with Crippen LogP contribution in [0.1, 0.15) is 57.9 Å². The molecular weight excluding hydrogens is 260 g/mol. The number of unbranched alkanes of at least 4 members (excludes halogenated alkanes) is 2. The van der Waals surface area contributed by atoms with Crippen LogP contribution in [0.5, 0.6) is 0 Å². The third-order valence-corrected chi connectivity index (χ3v) is 4.31. The Hall–Kier alpha value is -1.51. The van der Waals surface area contributed by atoms with Crippen LogP contribution in [0, 0.1) is 0 Å². The number of rotatable bonds is 7. The molecule has 0 spiro atoms. The quantitative estimate of drug-likeness (QED) is 0.769. The lowest BCUT2D eigenvalue weighted by atomic mass is 9.97. The van der Waals surface area contributed by atoms with Gasteiger partial charge in [-0.15, -0.1) is 0 Å². The van der Waals surface area contributed by atoms with E-state index in [1.807, 2.05) is 6.07 Å². The van der Waals surface area contributed by atoms with E-state index >= 15 is 0 Å². The molecule has 0 aromatic heterocycles. The fourth-order valence-electron chi connectivity index (χ4n) is 3.07. The van der Waals surface area contributed by atoms with E-state index in [1.165, 1.54) is 24.1 Å². The number of para-hydroxylation sites is 1. The van der Waals surface area contributed by atoms with Crippen molar-refractivity contribution in [3.63, 3.8) is 0 Å². The minimum Gasteiger partial charge on any atom is -0.384 e. The minimum absolute atomic E-state index is 0.291. The monoisotopic (exact) mass is 288 g/mol. The predicted octanol–water partition coefficient (Wildman–Crippen LogP) is 4.01. The van der Waals surface area contributed by atoms with Gasteiger partial charge in [-0.2, -0.15) is 0 Å². The average molecular weight is 288 g/mol. The number of nitrogens with zero attached hydrogens (tertiary/aromatic N) is 1. The number of anilines is 1. The summed E-state index contributed by atoms with van der Waals surface area (Å²) in [6.07, 6.45) is 4.12. The van der Waals surface area contributed by atoms with Crippen molar-refractivity contribution in [1.82, 2.24) is 4.90 Å². The Morgan fingerprint density at radius 1 is 1.33 bits per heavy atom. The molecule has 1 aromatic carbocycles. The van der Waals surface area contributed by atoms with Gasteiger partial charge in [-0.1, -0.05) is 38.0 Å². The van der Waals surface area contributed by atoms with Gasteiger partial charge in [0.05, 0.1) is 0 Å². The molecule has 1 heterocycles. The average Bonchev–Trinajstić information content (AvgIpc) is 2.86. The highest BCUT2D eigenvalue weighted by Gasteiger charge is 2.26. The summed E-state index contributed by atoms with van der Waals surface area (Å²) in [5.41, 5.74) is 2.49. The zero-order valence-corrected chi connectivity index (χ0v) is 13.6. The van der Waals surface area contributed by atoms with E-state index in [9.17, 15) is 4.79 Å². The summed E-state index contributed by atoms with van der Waals surface area (Å²) in [4.78, 5) is 14.7. The van der Waals surface area contributed by atoms with Crippen LogP contribution in [0.15, 0.2) is 24.3 Å². The van der Waals surface area contributed by atoms with Gasteiger partial charge in [0.1, 0.15) is 0 Å². The Balaban J connectivity index is 1.96. The molecule has 0 radical (unpaired) electrons. The van der Waals surface area contributed by atoms with Crippen molar-refractivity contribution in [2.45, 2.75) is 58.4 Å². The maximum atomic E-state index is 12.6. The number of fused-ring (bicyclic) bond motifs is 1. The Morgan fingerprint density at radius 3 is 2.81 bits per heavy atom. The SMILES string of the molecule is CCCCCN(C(=O)CC1CNc2ccccc21)C(C)C. The van der Waals surface area contributed by atoms with E-state index in [0.29, 0.717) is 24.3 Å². The molecule has 0 fully saturated rings. The van der Waals surface area contributed by atoms with E-state index in [-0.39, 0.29) is 0 Å². The van der Waals surface area contributed by atoms with Crippen LogP contribution >= 0.6 is 0 Å². The summed E-state index contributed by atoms with van der Waals surface area (Å²) in [5, 5.41) is 3.41. The molecule has 1 atom stereocenters. The van der Waals surface area contributed by atoms with E-state index < -0.39 is 0 Å². The molecule has 0 saturated carbocycles. The summed E-state index contributed by atoms with van der Waals surface area (Å²) >= 11 is 0. The highest BCUT2D eigenvalue weighted by Crippen LogP contribution is 2.33. The number of benzene rings is 1. The van der Waals surface area contributed by atoms with Crippen molar-refractivity contribution in [2.75, 3.05) is 18.4 Å². The van der Waals surface area contributed by atoms with Crippen LogP contribution in [0.4, 0.5) is 5.69 Å². The van der Waals surface area contributed by atoms with Crippen LogP contribution in [-0.2, 0) is 4.79 Å². The predicted molar refractivity (Wildman–Crippen MR) is 88.7 cm³/mol. The fraction of sp³-hybridized carbons (Fsp3) is 0.611. The molecule has 0 aliphatic carbocycles. The van der Waals surface area contributed by atoms with Crippen LogP contribution in [0.2, 0.25) is 0 Å². The van der Waals surface area contributed by atoms with Gasteiger partial charge in [0.15, 0.2) is 0 Å². The molecule has 116 valence electrons. The van der Waals surface area contributed by atoms with Crippen molar-refractivity contribution in [2.24, 2.45) is 0 Å². The fourth-order valence-corrected chi connectivity index (χ4v) is 3.07. The maximum Gasteiger partial charge on any atom is 0.223 e. The second-order valence-corrected chi connectivity index (χ2v) is 6.26. The summed E-state index contributed by atoms with van der Waals surface area (Å²) in [7, 11) is 0. The molecule has 1 unspecified atom stereocenters. The van der Waals surface area contributed by atoms with Gasteiger partial charge in [0.2, 0.25) is 5.91 Å². The molecule has 21 heavy (non-hydrogen) atoms. The zero-order valence-electron chi connectivity index (χ0n) is 13.6. The second kappa shape index (κ2) is 7.48. The topological polar surface area (TPSA) is 32.3 Å². The van der Waals surface area contributed by atoms with E-state index in [0.717, 1.165) is 19.5 Å². The third-order valence-electron chi connectivity index (χ3n) is 4.31. The van der Waals surface area contributed by atoms with E-state index in [4.69, 9.17) is 0 Å². The Labute approximate surface area is 128 Å². The lowest BCUT2D eigenvalue weighted by molar-refractivity contribution is -0.133. The summed E-state index contributed by atoms with van der Waals surface area (Å²) < 4.78 is 0. The van der Waals surface area contributed by atoms with Gasteiger partial charge >= 0.3 is 0 Å². The Kier molecular flexibility index (Phi) is 5.66. The van der Waals surface area contributed by atoms with Crippen molar-refractivity contribution in [3.8, 4) is 0 Å². The number of hydrogen-bond acceptors (Lipinski definition) is 2. The second-order valence-electron chi connectivity index (χ2n) is 6.26. The van der Waals surface area contributed by atoms with Crippen LogP contribution in [-0.4, -0.2) is 29.9 Å². The number of amides is 1. The van der Waals surface area contributed by atoms with Crippen molar-refractivity contribution in [1.29, 1.82) is 0 Å². The smallest absolute Gasteiger partial charge is 0.223 e. The van der Waals surface area contributed by atoms with Gasteiger partial charge < -0.3 is 10.2 Å². The van der Waals surface area contributed by atoms with Gasteiger partial charge in [0, 0.05) is 37.2 Å². The number of carbonyl (C=O) groups excluding carboxylic acids is 1. The molecule has 0 saturated heterocycles. The van der Waals surface area contributed by atoms with Crippen molar-refractivity contribution in [3.05, 3.63) is 29.8 Å². The van der Waals surface area contributed by atoms with Crippen LogP contribution in [0.3, 0.4) is 0 Å². The molecule has 0 bridgehead atoms. The first kappa shape index (κ1) is 15.9. The molecule has 1 aromatic rings. The third kappa shape index (κ3) is 3.99. The van der Waals surface area contributed by atoms with Crippen molar-refractivity contribution >= 4 is 11.6 Å². The molecule has 2 rings (SSSR count). The zero-order chi connectivity index (χ0) is 15.2. The Morgan fingerprint density at radius 2 is 2.10 bits per heavy atom. The van der Waals surface area contributed by atoms with Gasteiger partial charge in [0.25, 0.3) is 0 Å². The standard InChI is InChI=1S/C18H28N2O/c1-4-5-8-11-20(14(2)3)18(21)12-15-13-19-17-10-7-6-9-16(15)17/h6-7,9-10,14-15,19H,4-5,8,11-13H2,1-3H3. The van der Waals surface area contributed by atoms with E-state index in [1.54, 1.807) is 0 Å².